The van der Waals surface area contributed by atoms with Crippen molar-refractivity contribution in [2.45, 2.75) is 6.42 Å². The number of carbonyl (C=O) groups excluding carboxylic acids is 1. The predicted molar refractivity (Wildman–Crippen MR) is 70.7 cm³/mol. The van der Waals surface area contributed by atoms with E-state index in [9.17, 15) is 4.79 Å². The first-order chi connectivity index (χ1) is 8.08. The fourth-order valence-corrected chi connectivity index (χ4v) is 2.48. The maximum absolute atomic E-state index is 12.0. The smallest absolute Gasteiger partial charge is 0.228 e. The molecule has 2 rings (SSSR count). The highest BCUT2D eigenvalue weighted by Crippen LogP contribution is 2.30. The molecule has 1 amide bonds. The summed E-state index contributed by atoms with van der Waals surface area (Å²) < 4.78 is 0. The van der Waals surface area contributed by atoms with E-state index in [1.807, 2.05) is 7.05 Å². The van der Waals surface area contributed by atoms with E-state index in [0.717, 1.165) is 19.5 Å². The molecule has 0 spiro atoms. The predicted octanol–water partition coefficient (Wildman–Crippen LogP) is 2.88. The first-order valence-electron chi connectivity index (χ1n) is 5.51. The highest BCUT2D eigenvalue weighted by atomic mass is 35.5. The lowest BCUT2D eigenvalue weighted by Crippen LogP contribution is -2.25. The van der Waals surface area contributed by atoms with Gasteiger partial charge in [0.1, 0.15) is 0 Å². The average Bonchev–Trinajstić information content (AvgIpc) is 2.70. The van der Waals surface area contributed by atoms with Crippen molar-refractivity contribution in [1.29, 1.82) is 0 Å². The van der Waals surface area contributed by atoms with Gasteiger partial charge in [-0.25, -0.2) is 0 Å². The first-order valence-corrected chi connectivity index (χ1v) is 6.27. The lowest BCUT2D eigenvalue weighted by Gasteiger charge is -2.13. The summed E-state index contributed by atoms with van der Waals surface area (Å²) in [6.07, 6.45) is 0.879. The molecule has 1 aromatic carbocycles. The molecule has 0 aromatic heterocycles. The third-order valence-electron chi connectivity index (χ3n) is 2.97. The van der Waals surface area contributed by atoms with Gasteiger partial charge in [0.15, 0.2) is 0 Å². The summed E-state index contributed by atoms with van der Waals surface area (Å²) in [5, 5.41) is 3.75. The van der Waals surface area contributed by atoms with Gasteiger partial charge in [0.25, 0.3) is 0 Å². The number of carbonyl (C=O) groups is 1. The average molecular weight is 273 g/mol. The second-order valence-electron chi connectivity index (χ2n) is 4.33. The summed E-state index contributed by atoms with van der Waals surface area (Å²) in [6.45, 7) is 1.74. The van der Waals surface area contributed by atoms with Crippen molar-refractivity contribution < 1.29 is 4.79 Å². The number of hydrogen-bond donors (Lipinski definition) is 1. The van der Waals surface area contributed by atoms with E-state index in [1.54, 1.807) is 18.2 Å². The monoisotopic (exact) mass is 272 g/mol. The van der Waals surface area contributed by atoms with E-state index in [2.05, 4.69) is 10.2 Å². The van der Waals surface area contributed by atoms with Crippen LogP contribution in [0.3, 0.4) is 0 Å². The molecular weight excluding hydrogens is 259 g/mol. The van der Waals surface area contributed by atoms with Gasteiger partial charge in [0.05, 0.1) is 21.7 Å². The summed E-state index contributed by atoms with van der Waals surface area (Å²) in [6, 6.07) is 5.18. The molecule has 1 aliphatic heterocycles. The number of hydrogen-bond acceptors (Lipinski definition) is 2. The van der Waals surface area contributed by atoms with Gasteiger partial charge in [-0.2, -0.15) is 0 Å². The Bertz CT molecular complexity index is 416. The van der Waals surface area contributed by atoms with Crippen LogP contribution in [-0.2, 0) is 4.79 Å². The molecule has 1 N–H and O–H groups in total. The van der Waals surface area contributed by atoms with E-state index in [0.29, 0.717) is 15.7 Å². The molecule has 1 heterocycles. The van der Waals surface area contributed by atoms with E-state index in [4.69, 9.17) is 23.2 Å². The fourth-order valence-electron chi connectivity index (χ4n) is 1.99. The number of nitrogens with zero attached hydrogens (tertiary/aromatic N) is 1. The summed E-state index contributed by atoms with van der Waals surface area (Å²) >= 11 is 12.0. The largest absolute Gasteiger partial charge is 0.323 e. The van der Waals surface area contributed by atoms with Crippen LogP contribution in [-0.4, -0.2) is 30.9 Å². The van der Waals surface area contributed by atoms with Gasteiger partial charge in [0.2, 0.25) is 5.91 Å². The lowest BCUT2D eigenvalue weighted by atomic mass is 10.1. The molecule has 1 aliphatic rings. The number of halogens is 2. The molecule has 5 heteroatoms. The highest BCUT2D eigenvalue weighted by Gasteiger charge is 2.26. The fraction of sp³-hybridized carbons (Fsp3) is 0.417. The van der Waals surface area contributed by atoms with E-state index in [-0.39, 0.29) is 11.8 Å². The second-order valence-corrected chi connectivity index (χ2v) is 5.15. The Balaban J connectivity index is 2.08. The zero-order valence-electron chi connectivity index (χ0n) is 9.54. The van der Waals surface area contributed by atoms with Crippen molar-refractivity contribution in [2.24, 2.45) is 5.92 Å². The van der Waals surface area contributed by atoms with E-state index < -0.39 is 0 Å². The Morgan fingerprint density at radius 3 is 2.59 bits per heavy atom. The topological polar surface area (TPSA) is 32.3 Å². The van der Waals surface area contributed by atoms with Gasteiger partial charge >= 0.3 is 0 Å². The standard InChI is InChI=1S/C12H14Cl2N2O/c1-16-6-5-8(7-16)12(17)15-11-9(13)3-2-4-10(11)14/h2-4,8H,5-7H2,1H3,(H,15,17). The van der Waals surface area contributed by atoms with E-state index in [1.165, 1.54) is 0 Å². The van der Waals surface area contributed by atoms with Gasteiger partial charge in [-0.3, -0.25) is 4.79 Å². The van der Waals surface area contributed by atoms with Gasteiger partial charge < -0.3 is 10.2 Å². The molecule has 1 aromatic rings. The molecule has 0 bridgehead atoms. The van der Waals surface area contributed by atoms with E-state index >= 15 is 0 Å². The van der Waals surface area contributed by atoms with Crippen molar-refractivity contribution in [1.82, 2.24) is 4.90 Å². The molecule has 0 saturated carbocycles. The normalized spacial score (nSPS) is 20.5. The number of nitrogens with one attached hydrogen (secondary N) is 1. The minimum absolute atomic E-state index is 0.00986. The lowest BCUT2D eigenvalue weighted by molar-refractivity contribution is -0.119. The summed E-state index contributed by atoms with van der Waals surface area (Å²) in [5.41, 5.74) is 0.510. The Labute approximate surface area is 111 Å². The van der Waals surface area contributed by atoms with Gasteiger partial charge in [-0.15, -0.1) is 0 Å². The van der Waals surface area contributed by atoms with Crippen LogP contribution in [0.4, 0.5) is 5.69 Å². The van der Waals surface area contributed by atoms with Crippen LogP contribution in [0.2, 0.25) is 10.0 Å². The maximum Gasteiger partial charge on any atom is 0.228 e. The number of anilines is 1. The van der Waals surface area contributed by atoms with Crippen molar-refractivity contribution in [2.75, 3.05) is 25.5 Å². The molecule has 1 unspecified atom stereocenters. The Hall–Kier alpha value is -0.770. The minimum Gasteiger partial charge on any atom is -0.323 e. The second kappa shape index (κ2) is 5.25. The maximum atomic E-state index is 12.0. The zero-order chi connectivity index (χ0) is 12.4. The van der Waals surface area contributed by atoms with Crippen molar-refractivity contribution in [3.8, 4) is 0 Å². The molecule has 17 heavy (non-hydrogen) atoms. The van der Waals surface area contributed by atoms with Crippen LogP contribution in [0, 0.1) is 5.92 Å². The number of rotatable bonds is 2. The van der Waals surface area contributed by atoms with Gasteiger partial charge in [-0.1, -0.05) is 29.3 Å². The van der Waals surface area contributed by atoms with Crippen LogP contribution in [0.15, 0.2) is 18.2 Å². The Morgan fingerprint density at radius 1 is 1.41 bits per heavy atom. The molecule has 92 valence electrons. The van der Waals surface area contributed by atoms with Crippen molar-refractivity contribution in [3.05, 3.63) is 28.2 Å². The summed E-state index contributed by atoms with van der Waals surface area (Å²) in [4.78, 5) is 14.1. The summed E-state index contributed by atoms with van der Waals surface area (Å²) in [7, 11) is 2.01. The number of amides is 1. The Kier molecular flexibility index (Phi) is 3.92. The molecule has 1 atom stereocenters. The number of benzene rings is 1. The van der Waals surface area contributed by atoms with Gasteiger partial charge in [-0.05, 0) is 32.1 Å². The van der Waals surface area contributed by atoms with Crippen LogP contribution in [0.5, 0.6) is 0 Å². The Morgan fingerprint density at radius 2 is 2.06 bits per heavy atom. The number of para-hydroxylation sites is 1. The zero-order valence-corrected chi connectivity index (χ0v) is 11.1. The SMILES string of the molecule is CN1CCC(C(=O)Nc2c(Cl)cccc2Cl)C1. The third kappa shape index (κ3) is 2.92. The molecule has 1 saturated heterocycles. The summed E-state index contributed by atoms with van der Waals surface area (Å²) in [5.74, 6) is 0.0108. The molecule has 1 fully saturated rings. The quantitative estimate of drug-likeness (QED) is 0.898. The first kappa shape index (κ1) is 12.7. The molecular formula is C12H14Cl2N2O. The highest BCUT2D eigenvalue weighted by molar-refractivity contribution is 6.39. The van der Waals surface area contributed by atoms with Crippen molar-refractivity contribution in [3.63, 3.8) is 0 Å². The van der Waals surface area contributed by atoms with Crippen LogP contribution < -0.4 is 5.32 Å². The van der Waals surface area contributed by atoms with Crippen LogP contribution in [0.1, 0.15) is 6.42 Å². The number of likely N-dealkylation sites (tertiary alicyclic amines) is 1. The third-order valence-corrected chi connectivity index (χ3v) is 3.60. The molecule has 0 aliphatic carbocycles. The van der Waals surface area contributed by atoms with Gasteiger partial charge in [0, 0.05) is 6.54 Å². The molecule has 3 nitrogen and oxygen atoms in total. The molecule has 0 radical (unpaired) electrons. The van der Waals surface area contributed by atoms with Crippen molar-refractivity contribution >= 4 is 34.8 Å². The van der Waals surface area contributed by atoms with Crippen LogP contribution >= 0.6 is 23.2 Å². The van der Waals surface area contributed by atoms with Crippen LogP contribution in [0.25, 0.3) is 0 Å². The minimum atomic E-state index is -0.00986.